The van der Waals surface area contributed by atoms with Crippen molar-refractivity contribution in [3.05, 3.63) is 71.5 Å². The van der Waals surface area contributed by atoms with Crippen molar-refractivity contribution in [1.82, 2.24) is 10.6 Å². The standard InChI is InChI=1S/C20H20F4N6S2.Cu/c1-2-25-18(31)29-28-17(14-8-10-15(21)11-9-14)16(13-6-4-3-5-7-13)27-30-19(32)26-12-20(22,23)24;/h3-11H,2,12H2,1H3,(H2,25,29,31)(H2,26,30,32);/q;+2/p-2. The molecule has 0 bridgehead atoms. The maximum Gasteiger partial charge on any atom is 2.00 e. The van der Waals surface area contributed by atoms with Crippen molar-refractivity contribution in [3.8, 4) is 0 Å². The summed E-state index contributed by atoms with van der Waals surface area (Å²) in [4.78, 5) is 0. The zero-order chi connectivity index (χ0) is 23.6. The molecular weight excluding hydrogens is 528 g/mol. The average Bonchev–Trinajstić information content (AvgIpc) is 2.75. The fourth-order valence-corrected chi connectivity index (χ4v) is 2.57. The van der Waals surface area contributed by atoms with Gasteiger partial charge in [0, 0.05) is 17.7 Å². The molecule has 0 aromatic heterocycles. The van der Waals surface area contributed by atoms with E-state index in [0.29, 0.717) is 17.7 Å². The van der Waals surface area contributed by atoms with Crippen LogP contribution in [0.25, 0.3) is 0 Å². The van der Waals surface area contributed by atoms with E-state index >= 15 is 0 Å². The minimum absolute atomic E-state index is 0. The quantitative estimate of drug-likeness (QED) is 0.139. The van der Waals surface area contributed by atoms with Crippen molar-refractivity contribution in [3.63, 3.8) is 0 Å². The molecule has 179 valence electrons. The van der Waals surface area contributed by atoms with Crippen LogP contribution in [-0.4, -0.2) is 41.0 Å². The fraction of sp³-hybridized carbons (Fsp3) is 0.200. The van der Waals surface area contributed by atoms with Gasteiger partial charge in [-0.25, -0.2) is 4.39 Å². The predicted molar refractivity (Wildman–Crippen MR) is 123 cm³/mol. The smallest absolute Gasteiger partial charge is 0.741 e. The Labute approximate surface area is 210 Å². The van der Waals surface area contributed by atoms with E-state index in [4.69, 9.17) is 25.3 Å². The number of nitrogens with zero attached hydrogens (tertiary/aromatic N) is 4. The fourth-order valence-electron chi connectivity index (χ4n) is 2.28. The van der Waals surface area contributed by atoms with Crippen molar-refractivity contribution in [1.29, 1.82) is 0 Å². The van der Waals surface area contributed by atoms with Gasteiger partial charge in [0.25, 0.3) is 0 Å². The van der Waals surface area contributed by atoms with Gasteiger partial charge in [0.2, 0.25) is 0 Å². The number of alkyl halides is 3. The summed E-state index contributed by atoms with van der Waals surface area (Å²) in [5.41, 5.74) is 1.28. The number of benzene rings is 2. The first kappa shape index (κ1) is 28.4. The second-order valence-corrected chi connectivity index (χ2v) is 6.85. The van der Waals surface area contributed by atoms with E-state index < -0.39 is 23.7 Å². The second kappa shape index (κ2) is 13.8. The Kier molecular flexibility index (Phi) is 11.9. The molecule has 0 fully saturated rings. The predicted octanol–water partition coefficient (Wildman–Crippen LogP) is 3.50. The van der Waals surface area contributed by atoms with Crippen LogP contribution in [0.5, 0.6) is 0 Å². The summed E-state index contributed by atoms with van der Waals surface area (Å²) in [7, 11) is 0. The molecular formula is C20H18CuF4N6S2. The van der Waals surface area contributed by atoms with E-state index in [2.05, 4.69) is 25.7 Å². The third kappa shape index (κ3) is 10.3. The van der Waals surface area contributed by atoms with E-state index in [1.54, 1.807) is 30.3 Å². The summed E-state index contributed by atoms with van der Waals surface area (Å²) in [5, 5.41) is 20.3. The molecule has 0 heterocycles. The maximum absolute atomic E-state index is 13.5. The molecule has 2 rings (SSSR count). The van der Waals surface area contributed by atoms with E-state index in [1.807, 2.05) is 12.2 Å². The van der Waals surface area contributed by atoms with Crippen LogP contribution in [0.2, 0.25) is 0 Å². The van der Waals surface area contributed by atoms with Crippen molar-refractivity contribution >= 4 is 47.0 Å². The Morgan fingerprint density at radius 3 is 1.76 bits per heavy atom. The van der Waals surface area contributed by atoms with Crippen LogP contribution in [0.3, 0.4) is 0 Å². The van der Waals surface area contributed by atoms with Gasteiger partial charge in [-0.05, 0) is 41.5 Å². The molecule has 0 aliphatic rings. The monoisotopic (exact) mass is 545 g/mol. The third-order valence-corrected chi connectivity index (χ3v) is 4.09. The number of hydrogen-bond acceptors (Lipinski definition) is 6. The Morgan fingerprint density at radius 1 is 0.788 bits per heavy atom. The summed E-state index contributed by atoms with van der Waals surface area (Å²) in [5.74, 6) is -0.464. The summed E-state index contributed by atoms with van der Waals surface area (Å²) < 4.78 is 50.7. The van der Waals surface area contributed by atoms with Gasteiger partial charge < -0.3 is 35.9 Å². The van der Waals surface area contributed by atoms with Crippen LogP contribution >= 0.6 is 0 Å². The van der Waals surface area contributed by atoms with Crippen molar-refractivity contribution in [2.75, 3.05) is 13.1 Å². The van der Waals surface area contributed by atoms with Gasteiger partial charge in [-0.15, -0.1) is 10.2 Å². The first-order valence-corrected chi connectivity index (χ1v) is 10.0. The van der Waals surface area contributed by atoms with Gasteiger partial charge in [0.1, 0.15) is 23.8 Å². The first-order chi connectivity index (χ1) is 15.2. The molecule has 0 saturated carbocycles. The molecule has 0 aliphatic heterocycles. The largest absolute Gasteiger partial charge is 2.00 e. The number of hydrogen-bond donors (Lipinski definition) is 2. The summed E-state index contributed by atoms with van der Waals surface area (Å²) in [6.07, 6.45) is -4.47. The molecule has 33 heavy (non-hydrogen) atoms. The van der Waals surface area contributed by atoms with E-state index in [1.165, 1.54) is 24.3 Å². The molecule has 2 aromatic rings. The number of amidine groups is 2. The van der Waals surface area contributed by atoms with Gasteiger partial charge in [-0.1, -0.05) is 30.3 Å². The molecule has 0 aliphatic carbocycles. The minimum Gasteiger partial charge on any atom is -0.741 e. The molecule has 0 amide bonds. The SMILES string of the molecule is CCNC([S-])=NN=C(C(=NN=C([S-])NCC(F)(F)F)c1ccccc1)c1ccc(F)cc1.[Cu+2]. The number of nitrogens with one attached hydrogen (secondary N) is 2. The second-order valence-electron chi connectivity index (χ2n) is 6.08. The molecule has 2 aromatic carbocycles. The van der Waals surface area contributed by atoms with Gasteiger partial charge >= 0.3 is 23.2 Å². The topological polar surface area (TPSA) is 73.5 Å². The van der Waals surface area contributed by atoms with E-state index in [0.717, 1.165) is 0 Å². The molecule has 6 nitrogen and oxygen atoms in total. The van der Waals surface area contributed by atoms with Crippen molar-refractivity contribution in [2.45, 2.75) is 13.1 Å². The maximum atomic E-state index is 13.5. The number of rotatable bonds is 7. The normalized spacial score (nSPS) is 13.4. The van der Waals surface area contributed by atoms with E-state index in [-0.39, 0.29) is 33.7 Å². The minimum atomic E-state index is -4.47. The molecule has 0 atom stereocenters. The van der Waals surface area contributed by atoms with Gasteiger partial charge in [0.05, 0.1) is 0 Å². The molecule has 0 unspecified atom stereocenters. The molecule has 0 spiro atoms. The first-order valence-electron chi connectivity index (χ1n) is 9.21. The van der Waals surface area contributed by atoms with Crippen LogP contribution < -0.4 is 10.6 Å². The Morgan fingerprint density at radius 2 is 1.27 bits per heavy atom. The van der Waals surface area contributed by atoms with E-state index in [9.17, 15) is 17.6 Å². The van der Waals surface area contributed by atoms with Gasteiger partial charge in [0.15, 0.2) is 0 Å². The van der Waals surface area contributed by atoms with Gasteiger partial charge in [-0.2, -0.15) is 23.4 Å². The Balaban J connectivity index is 0.00000544. The van der Waals surface area contributed by atoms with Crippen LogP contribution in [0.15, 0.2) is 75.0 Å². The zero-order valence-electron chi connectivity index (χ0n) is 17.0. The molecule has 2 N–H and O–H groups in total. The van der Waals surface area contributed by atoms with Gasteiger partial charge in [-0.3, -0.25) is 0 Å². The van der Waals surface area contributed by atoms with Crippen LogP contribution in [0.4, 0.5) is 17.6 Å². The number of halogens is 4. The molecule has 0 saturated heterocycles. The van der Waals surface area contributed by atoms with Crippen LogP contribution in [0.1, 0.15) is 18.1 Å². The summed E-state index contributed by atoms with van der Waals surface area (Å²) in [6, 6.07) is 14.0. The van der Waals surface area contributed by atoms with Crippen molar-refractivity contribution < 1.29 is 34.6 Å². The Bertz CT molecular complexity index is 1010. The summed E-state index contributed by atoms with van der Waals surface area (Å²) in [6.45, 7) is 1.01. The third-order valence-electron chi connectivity index (χ3n) is 3.64. The molecule has 13 heteroatoms. The summed E-state index contributed by atoms with van der Waals surface area (Å²) >= 11 is 9.90. The van der Waals surface area contributed by atoms with Crippen LogP contribution in [-0.2, 0) is 42.3 Å². The Hall–Kier alpha value is -2.60. The average molecular weight is 546 g/mol. The van der Waals surface area contributed by atoms with Crippen molar-refractivity contribution in [2.24, 2.45) is 20.4 Å². The zero-order valence-corrected chi connectivity index (χ0v) is 19.6. The van der Waals surface area contributed by atoms with Crippen LogP contribution in [0, 0.1) is 5.82 Å². The molecule has 1 radical (unpaired) electrons.